The summed E-state index contributed by atoms with van der Waals surface area (Å²) in [6.45, 7) is 3.21. The van der Waals surface area contributed by atoms with E-state index in [0.717, 1.165) is 32.4 Å². The van der Waals surface area contributed by atoms with Gasteiger partial charge in [0.15, 0.2) is 0 Å². The van der Waals surface area contributed by atoms with Crippen molar-refractivity contribution in [3.8, 4) is 0 Å². The van der Waals surface area contributed by atoms with Crippen LogP contribution in [-0.4, -0.2) is 29.1 Å². The van der Waals surface area contributed by atoms with Crippen LogP contribution in [0.4, 0.5) is 4.39 Å². The van der Waals surface area contributed by atoms with Crippen molar-refractivity contribution in [1.29, 1.82) is 0 Å². The second kappa shape index (κ2) is 5.59. The van der Waals surface area contributed by atoms with E-state index in [0.29, 0.717) is 10.0 Å². The van der Waals surface area contributed by atoms with E-state index in [1.165, 1.54) is 12.1 Å². The molecule has 1 heterocycles. The Hall–Kier alpha value is -0.940. The summed E-state index contributed by atoms with van der Waals surface area (Å²) in [5, 5.41) is 9.68. The normalized spacial score (nSPS) is 19.9. The monoisotopic (exact) mass is 329 g/mol. The molecule has 0 radical (unpaired) electrons. The molecule has 2 rings (SSSR count). The van der Waals surface area contributed by atoms with Gasteiger partial charge in [-0.25, -0.2) is 9.18 Å². The van der Waals surface area contributed by atoms with Crippen LogP contribution in [-0.2, 0) is 10.3 Å². The molecule has 0 aliphatic carbocycles. The standard InChI is InChI=1S/C14H17BrFNO2/c1-14(13(18)19,17-7-3-2-4-8-17)11-6-5-10(16)9-12(11)15/h5-6,9H,2-4,7-8H2,1H3,(H,18,19). The van der Waals surface area contributed by atoms with Gasteiger partial charge in [0.05, 0.1) is 0 Å². The number of nitrogens with zero attached hydrogens (tertiary/aromatic N) is 1. The lowest BCUT2D eigenvalue weighted by Gasteiger charge is -2.41. The first kappa shape index (κ1) is 14.5. The fourth-order valence-electron chi connectivity index (χ4n) is 2.65. The molecule has 0 aromatic heterocycles. The maximum Gasteiger partial charge on any atom is 0.328 e. The van der Waals surface area contributed by atoms with Crippen LogP contribution in [0, 0.1) is 5.82 Å². The van der Waals surface area contributed by atoms with Gasteiger partial charge in [-0.15, -0.1) is 0 Å². The number of likely N-dealkylation sites (tertiary alicyclic amines) is 1. The smallest absolute Gasteiger partial charge is 0.328 e. The van der Waals surface area contributed by atoms with E-state index in [-0.39, 0.29) is 5.82 Å². The van der Waals surface area contributed by atoms with Crippen LogP contribution in [0.1, 0.15) is 31.7 Å². The lowest BCUT2D eigenvalue weighted by atomic mass is 9.88. The lowest BCUT2D eigenvalue weighted by molar-refractivity contribution is -0.152. The molecule has 1 aromatic rings. The molecular formula is C14H17BrFNO2. The summed E-state index contributed by atoms with van der Waals surface area (Å²) in [5.41, 5.74) is -0.518. The Bertz CT molecular complexity index is 488. The zero-order chi connectivity index (χ0) is 14.0. The SMILES string of the molecule is CC(C(=O)O)(c1ccc(F)cc1Br)N1CCCCC1. The van der Waals surface area contributed by atoms with Crippen molar-refractivity contribution in [2.75, 3.05) is 13.1 Å². The molecule has 1 saturated heterocycles. The number of carboxylic acids is 1. The van der Waals surface area contributed by atoms with Crippen LogP contribution in [0.2, 0.25) is 0 Å². The Kier molecular flexibility index (Phi) is 4.26. The third-order valence-electron chi connectivity index (χ3n) is 3.86. The number of carbonyl (C=O) groups is 1. The van der Waals surface area contributed by atoms with Crippen molar-refractivity contribution in [2.24, 2.45) is 0 Å². The molecule has 3 nitrogen and oxygen atoms in total. The number of rotatable bonds is 3. The Morgan fingerprint density at radius 2 is 2.00 bits per heavy atom. The summed E-state index contributed by atoms with van der Waals surface area (Å²) in [5.74, 6) is -1.27. The molecule has 19 heavy (non-hydrogen) atoms. The Morgan fingerprint density at radius 1 is 1.37 bits per heavy atom. The van der Waals surface area contributed by atoms with Crippen molar-refractivity contribution in [2.45, 2.75) is 31.7 Å². The number of halogens is 2. The van der Waals surface area contributed by atoms with Crippen molar-refractivity contribution in [3.63, 3.8) is 0 Å². The second-order valence-corrected chi connectivity index (χ2v) is 5.90. The molecule has 0 amide bonds. The maximum atomic E-state index is 13.2. The number of carboxylic acid groups (broad SMARTS) is 1. The van der Waals surface area contributed by atoms with Gasteiger partial charge in [-0.2, -0.15) is 0 Å². The van der Waals surface area contributed by atoms with E-state index in [9.17, 15) is 14.3 Å². The number of aliphatic carboxylic acids is 1. The fraction of sp³-hybridized carbons (Fsp3) is 0.500. The predicted molar refractivity (Wildman–Crippen MR) is 74.5 cm³/mol. The fourth-order valence-corrected chi connectivity index (χ4v) is 3.38. The van der Waals surface area contributed by atoms with E-state index in [1.807, 2.05) is 4.90 Å². The molecule has 1 unspecified atom stereocenters. The topological polar surface area (TPSA) is 40.5 Å². The second-order valence-electron chi connectivity index (χ2n) is 5.05. The van der Waals surface area contributed by atoms with E-state index in [1.54, 1.807) is 13.0 Å². The molecule has 0 bridgehead atoms. The first-order chi connectivity index (χ1) is 8.96. The predicted octanol–water partition coefficient (Wildman–Crippen LogP) is 3.37. The highest BCUT2D eigenvalue weighted by Gasteiger charge is 2.42. The van der Waals surface area contributed by atoms with E-state index >= 15 is 0 Å². The first-order valence-electron chi connectivity index (χ1n) is 6.40. The quantitative estimate of drug-likeness (QED) is 0.924. The summed E-state index contributed by atoms with van der Waals surface area (Å²) in [6.07, 6.45) is 3.14. The molecule has 104 valence electrons. The van der Waals surface area contributed by atoms with Gasteiger partial charge in [0.1, 0.15) is 11.4 Å². The van der Waals surface area contributed by atoms with Crippen LogP contribution in [0.3, 0.4) is 0 Å². The summed E-state index contributed by atoms with van der Waals surface area (Å²) in [4.78, 5) is 13.8. The van der Waals surface area contributed by atoms with Gasteiger partial charge in [0.25, 0.3) is 0 Å². The average molecular weight is 330 g/mol. The van der Waals surface area contributed by atoms with Gasteiger partial charge < -0.3 is 5.11 Å². The number of piperidine rings is 1. The van der Waals surface area contributed by atoms with Crippen LogP contribution in [0.5, 0.6) is 0 Å². The van der Waals surface area contributed by atoms with Crippen molar-refractivity contribution >= 4 is 21.9 Å². The first-order valence-corrected chi connectivity index (χ1v) is 7.19. The average Bonchev–Trinajstić information content (AvgIpc) is 2.38. The number of benzene rings is 1. The largest absolute Gasteiger partial charge is 0.480 e. The van der Waals surface area contributed by atoms with Crippen LogP contribution in [0.25, 0.3) is 0 Å². The highest BCUT2D eigenvalue weighted by Crippen LogP contribution is 2.36. The van der Waals surface area contributed by atoms with Gasteiger partial charge in [0.2, 0.25) is 0 Å². The van der Waals surface area contributed by atoms with E-state index in [2.05, 4.69) is 15.9 Å². The van der Waals surface area contributed by atoms with Crippen molar-refractivity contribution < 1.29 is 14.3 Å². The van der Waals surface area contributed by atoms with Gasteiger partial charge in [-0.05, 0) is 50.6 Å². The summed E-state index contributed by atoms with van der Waals surface area (Å²) in [7, 11) is 0. The van der Waals surface area contributed by atoms with Crippen LogP contribution < -0.4 is 0 Å². The summed E-state index contributed by atoms with van der Waals surface area (Å²) < 4.78 is 13.7. The van der Waals surface area contributed by atoms with Crippen LogP contribution >= 0.6 is 15.9 Å². The molecule has 1 atom stereocenters. The molecule has 0 saturated carbocycles. The summed E-state index contributed by atoms with van der Waals surface area (Å²) in [6, 6.07) is 4.19. The van der Waals surface area contributed by atoms with Gasteiger partial charge in [0, 0.05) is 4.47 Å². The molecule has 1 aromatic carbocycles. The number of hydrogen-bond acceptors (Lipinski definition) is 2. The minimum Gasteiger partial charge on any atom is -0.480 e. The zero-order valence-electron chi connectivity index (χ0n) is 10.8. The lowest BCUT2D eigenvalue weighted by Crippen LogP contribution is -2.52. The third kappa shape index (κ3) is 2.67. The third-order valence-corrected chi connectivity index (χ3v) is 4.52. The van der Waals surface area contributed by atoms with Gasteiger partial charge in [-0.3, -0.25) is 4.90 Å². The van der Waals surface area contributed by atoms with Crippen LogP contribution in [0.15, 0.2) is 22.7 Å². The minimum absolute atomic E-state index is 0.373. The van der Waals surface area contributed by atoms with Crippen molar-refractivity contribution in [1.82, 2.24) is 4.90 Å². The molecule has 1 fully saturated rings. The number of hydrogen-bond donors (Lipinski definition) is 1. The molecular weight excluding hydrogens is 313 g/mol. The molecule has 0 spiro atoms. The highest BCUT2D eigenvalue weighted by atomic mass is 79.9. The highest BCUT2D eigenvalue weighted by molar-refractivity contribution is 9.10. The van der Waals surface area contributed by atoms with E-state index < -0.39 is 11.5 Å². The molecule has 1 aliphatic rings. The Labute approximate surface area is 120 Å². The Morgan fingerprint density at radius 3 is 2.53 bits per heavy atom. The van der Waals surface area contributed by atoms with E-state index in [4.69, 9.17) is 0 Å². The molecule has 5 heteroatoms. The zero-order valence-corrected chi connectivity index (χ0v) is 12.4. The molecule has 1 aliphatic heterocycles. The van der Waals surface area contributed by atoms with Gasteiger partial charge >= 0.3 is 5.97 Å². The molecule has 1 N–H and O–H groups in total. The van der Waals surface area contributed by atoms with Gasteiger partial charge in [-0.1, -0.05) is 28.4 Å². The van der Waals surface area contributed by atoms with Crippen molar-refractivity contribution in [3.05, 3.63) is 34.1 Å². The summed E-state index contributed by atoms with van der Waals surface area (Å²) >= 11 is 3.29. The Balaban J connectivity index is 2.46. The minimum atomic E-state index is -1.12. The maximum absolute atomic E-state index is 13.2.